The molecule has 5 nitrogen and oxygen atoms in total. The highest BCUT2D eigenvalue weighted by molar-refractivity contribution is 6.31. The predicted molar refractivity (Wildman–Crippen MR) is 60.3 cm³/mol. The van der Waals surface area contributed by atoms with Crippen molar-refractivity contribution in [2.24, 2.45) is 0 Å². The summed E-state index contributed by atoms with van der Waals surface area (Å²) in [6.45, 7) is 0. The average molecular weight is 256 g/mol. The number of aromatic nitrogens is 1. The average Bonchev–Trinajstić information content (AvgIpc) is 2.70. The SMILES string of the molecule is Nc1nc(C(=O)Nc2ccc(F)c(Cl)c2)co1. The van der Waals surface area contributed by atoms with E-state index in [-0.39, 0.29) is 16.7 Å². The highest BCUT2D eigenvalue weighted by Crippen LogP contribution is 2.19. The first-order valence-corrected chi connectivity index (χ1v) is 4.91. The zero-order valence-corrected chi connectivity index (χ0v) is 9.16. The summed E-state index contributed by atoms with van der Waals surface area (Å²) in [5, 5.41) is 2.39. The second-order valence-corrected chi connectivity index (χ2v) is 3.56. The minimum absolute atomic E-state index is 0.0305. The number of benzene rings is 1. The maximum absolute atomic E-state index is 12.9. The Morgan fingerprint density at radius 3 is 2.88 bits per heavy atom. The number of rotatable bonds is 2. The van der Waals surface area contributed by atoms with Gasteiger partial charge in [-0.3, -0.25) is 4.79 Å². The molecule has 0 saturated heterocycles. The van der Waals surface area contributed by atoms with E-state index in [0.29, 0.717) is 5.69 Å². The van der Waals surface area contributed by atoms with Crippen LogP contribution in [0.15, 0.2) is 28.9 Å². The standard InChI is InChI=1S/C10H7ClFN3O2/c11-6-3-5(1-2-7(6)12)14-9(16)8-4-17-10(13)15-8/h1-4H,(H2,13,15)(H,14,16). The van der Waals surface area contributed by atoms with Gasteiger partial charge in [-0.2, -0.15) is 4.98 Å². The third kappa shape index (κ3) is 2.54. The van der Waals surface area contributed by atoms with E-state index in [9.17, 15) is 9.18 Å². The van der Waals surface area contributed by atoms with Gasteiger partial charge in [0.1, 0.15) is 12.1 Å². The van der Waals surface area contributed by atoms with Crippen LogP contribution in [-0.2, 0) is 0 Å². The number of amides is 1. The van der Waals surface area contributed by atoms with Crippen molar-refractivity contribution < 1.29 is 13.6 Å². The van der Waals surface area contributed by atoms with Crippen molar-refractivity contribution in [1.82, 2.24) is 4.98 Å². The molecule has 3 N–H and O–H groups in total. The number of carbonyl (C=O) groups is 1. The summed E-state index contributed by atoms with van der Waals surface area (Å²) in [6.07, 6.45) is 1.12. The van der Waals surface area contributed by atoms with Crippen molar-refractivity contribution >= 4 is 29.2 Å². The van der Waals surface area contributed by atoms with Gasteiger partial charge in [-0.25, -0.2) is 4.39 Å². The fourth-order valence-corrected chi connectivity index (χ4v) is 1.34. The summed E-state index contributed by atoms with van der Waals surface area (Å²) < 4.78 is 17.6. The lowest BCUT2D eigenvalue weighted by atomic mass is 10.3. The van der Waals surface area contributed by atoms with Crippen LogP contribution in [0.3, 0.4) is 0 Å². The second-order valence-electron chi connectivity index (χ2n) is 3.15. The first kappa shape index (κ1) is 11.4. The largest absolute Gasteiger partial charge is 0.431 e. The predicted octanol–water partition coefficient (Wildman–Crippen LogP) is 2.30. The summed E-state index contributed by atoms with van der Waals surface area (Å²) >= 11 is 5.57. The number of halogens is 2. The minimum atomic E-state index is -0.560. The summed E-state index contributed by atoms with van der Waals surface area (Å²) in [6, 6.07) is 3.71. The van der Waals surface area contributed by atoms with Gasteiger partial charge in [0.2, 0.25) is 0 Å². The van der Waals surface area contributed by atoms with Crippen LogP contribution in [0.5, 0.6) is 0 Å². The molecule has 0 bridgehead atoms. The van der Waals surface area contributed by atoms with Crippen molar-refractivity contribution in [3.8, 4) is 0 Å². The molecule has 0 radical (unpaired) electrons. The number of nitrogens with zero attached hydrogens (tertiary/aromatic N) is 1. The van der Waals surface area contributed by atoms with Crippen molar-refractivity contribution in [1.29, 1.82) is 0 Å². The Balaban J connectivity index is 2.15. The van der Waals surface area contributed by atoms with Crippen LogP contribution >= 0.6 is 11.6 Å². The molecule has 0 aliphatic heterocycles. The van der Waals surface area contributed by atoms with Crippen molar-refractivity contribution in [3.05, 3.63) is 41.0 Å². The lowest BCUT2D eigenvalue weighted by Gasteiger charge is -2.03. The lowest BCUT2D eigenvalue weighted by Crippen LogP contribution is -2.12. The third-order valence-electron chi connectivity index (χ3n) is 1.93. The van der Waals surface area contributed by atoms with Crippen molar-refractivity contribution in [2.75, 3.05) is 11.1 Å². The molecule has 2 rings (SSSR count). The van der Waals surface area contributed by atoms with Crippen molar-refractivity contribution in [3.63, 3.8) is 0 Å². The number of nitrogens with two attached hydrogens (primary N) is 1. The lowest BCUT2D eigenvalue weighted by molar-refractivity contribution is 0.102. The molecule has 0 aliphatic carbocycles. The van der Waals surface area contributed by atoms with Gasteiger partial charge < -0.3 is 15.5 Å². The maximum atomic E-state index is 12.9. The summed E-state index contributed by atoms with van der Waals surface area (Å²) in [5.41, 5.74) is 5.61. The van der Waals surface area contributed by atoms with Crippen LogP contribution in [0.1, 0.15) is 10.5 Å². The van der Waals surface area contributed by atoms with Gasteiger partial charge in [0.25, 0.3) is 11.9 Å². The van der Waals surface area contributed by atoms with Crippen LogP contribution < -0.4 is 11.1 Å². The molecule has 1 aromatic heterocycles. The minimum Gasteiger partial charge on any atom is -0.431 e. The first-order chi connectivity index (χ1) is 8.06. The van der Waals surface area contributed by atoms with E-state index >= 15 is 0 Å². The van der Waals surface area contributed by atoms with Gasteiger partial charge in [0.05, 0.1) is 5.02 Å². The van der Waals surface area contributed by atoms with Gasteiger partial charge in [-0.1, -0.05) is 11.6 Å². The Morgan fingerprint density at radius 2 is 2.29 bits per heavy atom. The van der Waals surface area contributed by atoms with Gasteiger partial charge in [0.15, 0.2) is 5.69 Å². The third-order valence-corrected chi connectivity index (χ3v) is 2.22. The van der Waals surface area contributed by atoms with E-state index in [0.717, 1.165) is 12.3 Å². The van der Waals surface area contributed by atoms with E-state index in [4.69, 9.17) is 17.3 Å². The first-order valence-electron chi connectivity index (χ1n) is 4.53. The molecule has 0 atom stereocenters. The molecular weight excluding hydrogens is 249 g/mol. The van der Waals surface area contributed by atoms with Crippen LogP contribution in [0.2, 0.25) is 5.02 Å². The van der Waals surface area contributed by atoms with E-state index in [1.54, 1.807) is 0 Å². The molecule has 1 heterocycles. The number of hydrogen-bond donors (Lipinski definition) is 2. The molecule has 0 spiro atoms. The van der Waals surface area contributed by atoms with Crippen LogP contribution in [0.4, 0.5) is 16.1 Å². The fraction of sp³-hybridized carbons (Fsp3) is 0. The second kappa shape index (κ2) is 4.42. The van der Waals surface area contributed by atoms with E-state index in [2.05, 4.69) is 14.7 Å². The van der Waals surface area contributed by atoms with E-state index in [1.165, 1.54) is 12.1 Å². The molecular formula is C10H7ClFN3O2. The normalized spacial score (nSPS) is 10.2. The smallest absolute Gasteiger partial charge is 0.292 e. The Kier molecular flexibility index (Phi) is 2.97. The Morgan fingerprint density at radius 1 is 1.53 bits per heavy atom. The molecule has 0 unspecified atom stereocenters. The molecule has 88 valence electrons. The van der Waals surface area contributed by atoms with Gasteiger partial charge in [-0.15, -0.1) is 0 Å². The number of anilines is 2. The maximum Gasteiger partial charge on any atom is 0.292 e. The monoisotopic (exact) mass is 255 g/mol. The summed E-state index contributed by atoms with van der Waals surface area (Å²) in [7, 11) is 0. The number of carbonyl (C=O) groups excluding carboxylic acids is 1. The van der Waals surface area contributed by atoms with Crippen molar-refractivity contribution in [2.45, 2.75) is 0 Å². The number of hydrogen-bond acceptors (Lipinski definition) is 4. The highest BCUT2D eigenvalue weighted by atomic mass is 35.5. The Labute approximate surface area is 100 Å². The molecule has 7 heteroatoms. The molecule has 0 fully saturated rings. The Bertz CT molecular complexity index is 570. The molecule has 2 aromatic rings. The fourth-order valence-electron chi connectivity index (χ4n) is 1.16. The molecule has 0 saturated carbocycles. The van der Waals surface area contributed by atoms with Gasteiger partial charge in [-0.05, 0) is 18.2 Å². The van der Waals surface area contributed by atoms with Crippen LogP contribution in [0.25, 0.3) is 0 Å². The number of nitrogens with one attached hydrogen (secondary N) is 1. The molecule has 1 amide bonds. The quantitative estimate of drug-likeness (QED) is 0.863. The zero-order valence-electron chi connectivity index (χ0n) is 8.41. The zero-order chi connectivity index (χ0) is 12.4. The molecule has 0 aliphatic rings. The van der Waals surface area contributed by atoms with E-state index < -0.39 is 11.7 Å². The summed E-state index contributed by atoms with van der Waals surface area (Å²) in [5.74, 6) is -1.08. The summed E-state index contributed by atoms with van der Waals surface area (Å²) in [4.78, 5) is 15.2. The molecule has 1 aromatic carbocycles. The van der Waals surface area contributed by atoms with Gasteiger partial charge >= 0.3 is 0 Å². The Hall–Kier alpha value is -2.08. The van der Waals surface area contributed by atoms with Crippen LogP contribution in [-0.4, -0.2) is 10.9 Å². The molecule has 17 heavy (non-hydrogen) atoms. The van der Waals surface area contributed by atoms with Gasteiger partial charge in [0, 0.05) is 5.69 Å². The highest BCUT2D eigenvalue weighted by Gasteiger charge is 2.11. The number of nitrogen functional groups attached to an aromatic ring is 1. The number of oxazole rings is 1. The van der Waals surface area contributed by atoms with Crippen LogP contribution in [0, 0.1) is 5.82 Å². The van der Waals surface area contributed by atoms with E-state index in [1.807, 2.05) is 0 Å². The topological polar surface area (TPSA) is 81.1 Å².